The molecule has 0 radical (unpaired) electrons. The quantitative estimate of drug-likeness (QED) is 0.389. The highest BCUT2D eigenvalue weighted by atomic mass is 28.4. The molecule has 3 unspecified atom stereocenters. The second-order valence-electron chi connectivity index (χ2n) is 8.23. The Bertz CT molecular complexity index is 448. The zero-order valence-corrected chi connectivity index (χ0v) is 16.1. The van der Waals surface area contributed by atoms with Crippen LogP contribution in [0.3, 0.4) is 0 Å². The number of Topliss-reactive ketones (excluding diaryl/α,β-unsaturated/α-hetero) is 1. The Hall–Kier alpha value is -0.453. The SMILES string of the molecule is CCCCCCC1=CC(O[Si](C)(C)C(C)(C)C)C2OC2C1=O. The molecule has 1 fully saturated rings. The molecule has 4 heteroatoms. The highest BCUT2D eigenvalue weighted by Crippen LogP contribution is 2.42. The summed E-state index contributed by atoms with van der Waals surface area (Å²) in [6.07, 6.45) is 7.43. The molecule has 3 atom stereocenters. The van der Waals surface area contributed by atoms with E-state index in [-0.39, 0.29) is 29.1 Å². The van der Waals surface area contributed by atoms with Crippen LogP contribution in [-0.2, 0) is 14.0 Å². The highest BCUT2D eigenvalue weighted by Gasteiger charge is 2.55. The first-order valence-electron chi connectivity index (χ1n) is 8.75. The van der Waals surface area contributed by atoms with Gasteiger partial charge in [0, 0.05) is 0 Å². The molecule has 0 aromatic carbocycles. The third kappa shape index (κ3) is 3.90. The molecule has 0 aromatic heterocycles. The summed E-state index contributed by atoms with van der Waals surface area (Å²) < 4.78 is 12.1. The van der Waals surface area contributed by atoms with Crippen LogP contribution in [0.25, 0.3) is 0 Å². The van der Waals surface area contributed by atoms with E-state index in [9.17, 15) is 4.79 Å². The van der Waals surface area contributed by atoms with Gasteiger partial charge in [-0.2, -0.15) is 0 Å². The van der Waals surface area contributed by atoms with Crippen LogP contribution in [0.1, 0.15) is 59.8 Å². The van der Waals surface area contributed by atoms with Crippen molar-refractivity contribution < 1.29 is 14.0 Å². The van der Waals surface area contributed by atoms with Crippen LogP contribution in [0.4, 0.5) is 0 Å². The van der Waals surface area contributed by atoms with E-state index in [1.807, 2.05) is 0 Å². The third-order valence-electron chi connectivity index (χ3n) is 5.33. The Kier molecular flexibility index (Phi) is 5.35. The Morgan fingerprint density at radius 3 is 2.50 bits per heavy atom. The number of fused-ring (bicyclic) bond motifs is 1. The molecule has 2 aliphatic rings. The van der Waals surface area contributed by atoms with Crippen LogP contribution in [0.2, 0.25) is 18.1 Å². The van der Waals surface area contributed by atoms with Gasteiger partial charge in [0.15, 0.2) is 14.1 Å². The Morgan fingerprint density at radius 2 is 1.91 bits per heavy atom. The summed E-state index contributed by atoms with van der Waals surface area (Å²) in [5.74, 6) is 0.205. The van der Waals surface area contributed by atoms with Gasteiger partial charge in [0.1, 0.15) is 12.2 Å². The van der Waals surface area contributed by atoms with Gasteiger partial charge in [-0.25, -0.2) is 0 Å². The average Bonchev–Trinajstić information content (AvgIpc) is 3.18. The van der Waals surface area contributed by atoms with Crippen LogP contribution in [0.5, 0.6) is 0 Å². The van der Waals surface area contributed by atoms with E-state index in [2.05, 4.69) is 46.9 Å². The van der Waals surface area contributed by atoms with Crippen molar-refractivity contribution in [1.29, 1.82) is 0 Å². The van der Waals surface area contributed by atoms with Crippen molar-refractivity contribution in [3.8, 4) is 0 Å². The zero-order chi connectivity index (χ0) is 16.5. The van der Waals surface area contributed by atoms with Crippen molar-refractivity contribution in [3.05, 3.63) is 11.6 Å². The predicted octanol–water partition coefficient (Wildman–Crippen LogP) is 4.62. The second kappa shape index (κ2) is 6.58. The summed E-state index contributed by atoms with van der Waals surface area (Å²) in [5, 5.41) is 0.175. The number of hydrogen-bond acceptors (Lipinski definition) is 3. The van der Waals surface area contributed by atoms with Crippen LogP contribution < -0.4 is 0 Å². The van der Waals surface area contributed by atoms with E-state index < -0.39 is 8.32 Å². The first kappa shape index (κ1) is 17.9. The van der Waals surface area contributed by atoms with Crippen LogP contribution >= 0.6 is 0 Å². The Labute approximate surface area is 136 Å². The number of hydrogen-bond donors (Lipinski definition) is 0. The lowest BCUT2D eigenvalue weighted by Gasteiger charge is -2.39. The number of rotatable bonds is 7. The fraction of sp³-hybridized carbons (Fsp3) is 0.833. The smallest absolute Gasteiger partial charge is 0.193 e. The minimum absolute atomic E-state index is 0.0234. The minimum atomic E-state index is -1.84. The van der Waals surface area contributed by atoms with E-state index in [1.165, 1.54) is 19.3 Å². The summed E-state index contributed by atoms with van der Waals surface area (Å²) >= 11 is 0. The number of unbranched alkanes of at least 4 members (excludes halogenated alkanes) is 3. The Morgan fingerprint density at radius 1 is 1.23 bits per heavy atom. The fourth-order valence-corrected chi connectivity index (χ4v) is 3.95. The number of epoxide rings is 1. The number of carbonyl (C=O) groups is 1. The van der Waals surface area contributed by atoms with E-state index in [0.29, 0.717) is 0 Å². The van der Waals surface area contributed by atoms with E-state index >= 15 is 0 Å². The van der Waals surface area contributed by atoms with Crippen molar-refractivity contribution in [2.24, 2.45) is 0 Å². The largest absolute Gasteiger partial charge is 0.408 e. The van der Waals surface area contributed by atoms with Gasteiger partial charge in [0.05, 0.1) is 6.10 Å². The first-order valence-corrected chi connectivity index (χ1v) is 11.7. The van der Waals surface area contributed by atoms with Crippen molar-refractivity contribution >= 4 is 14.1 Å². The van der Waals surface area contributed by atoms with Gasteiger partial charge in [-0.05, 0) is 42.6 Å². The highest BCUT2D eigenvalue weighted by molar-refractivity contribution is 6.74. The second-order valence-corrected chi connectivity index (χ2v) is 13.0. The van der Waals surface area contributed by atoms with Gasteiger partial charge in [-0.15, -0.1) is 0 Å². The molecule has 3 nitrogen and oxygen atoms in total. The van der Waals surface area contributed by atoms with Gasteiger partial charge >= 0.3 is 0 Å². The molecule has 126 valence electrons. The maximum Gasteiger partial charge on any atom is 0.193 e. The molecule has 0 bridgehead atoms. The minimum Gasteiger partial charge on any atom is -0.408 e. The Balaban J connectivity index is 2.02. The molecule has 0 amide bonds. The molecule has 1 saturated heterocycles. The molecular formula is C18H32O3Si. The summed E-state index contributed by atoms with van der Waals surface area (Å²) in [6.45, 7) is 13.5. The molecule has 2 rings (SSSR count). The van der Waals surface area contributed by atoms with Gasteiger partial charge in [0.25, 0.3) is 0 Å². The van der Waals surface area contributed by atoms with Gasteiger partial charge in [0.2, 0.25) is 0 Å². The van der Waals surface area contributed by atoms with E-state index in [4.69, 9.17) is 9.16 Å². The van der Waals surface area contributed by atoms with Crippen molar-refractivity contribution in [1.82, 2.24) is 0 Å². The third-order valence-corrected chi connectivity index (χ3v) is 9.80. The predicted molar refractivity (Wildman–Crippen MR) is 92.6 cm³/mol. The van der Waals surface area contributed by atoms with Gasteiger partial charge < -0.3 is 9.16 Å². The molecule has 1 heterocycles. The van der Waals surface area contributed by atoms with E-state index in [1.54, 1.807) is 0 Å². The fourth-order valence-electron chi connectivity index (χ4n) is 2.71. The molecule has 0 spiro atoms. The molecule has 1 aliphatic heterocycles. The molecule has 0 aromatic rings. The number of ether oxygens (including phenoxy) is 1. The molecular weight excluding hydrogens is 292 g/mol. The van der Waals surface area contributed by atoms with Crippen molar-refractivity contribution in [2.75, 3.05) is 0 Å². The maximum absolute atomic E-state index is 12.3. The summed E-state index contributed by atoms with van der Waals surface area (Å²) in [6, 6.07) is 0. The average molecular weight is 325 g/mol. The van der Waals surface area contributed by atoms with Crippen LogP contribution in [0, 0.1) is 0 Å². The first-order chi connectivity index (χ1) is 10.2. The summed E-state index contributed by atoms with van der Waals surface area (Å²) in [7, 11) is -1.84. The lowest BCUT2D eigenvalue weighted by molar-refractivity contribution is -0.117. The number of ketones is 1. The zero-order valence-electron chi connectivity index (χ0n) is 15.1. The molecule has 0 N–H and O–H groups in total. The topological polar surface area (TPSA) is 38.8 Å². The lowest BCUT2D eigenvalue weighted by Crippen LogP contribution is -2.46. The summed E-state index contributed by atoms with van der Waals surface area (Å²) in [4.78, 5) is 12.3. The summed E-state index contributed by atoms with van der Waals surface area (Å²) in [5.41, 5.74) is 0.943. The van der Waals surface area contributed by atoms with Gasteiger partial charge in [-0.3, -0.25) is 4.79 Å². The maximum atomic E-state index is 12.3. The van der Waals surface area contributed by atoms with Crippen LogP contribution in [-0.4, -0.2) is 32.4 Å². The lowest BCUT2D eigenvalue weighted by atomic mass is 9.92. The normalized spacial score (nSPS) is 28.4. The molecule has 1 aliphatic carbocycles. The molecule has 22 heavy (non-hydrogen) atoms. The monoisotopic (exact) mass is 324 g/mol. The molecule has 0 saturated carbocycles. The number of carbonyl (C=O) groups excluding carboxylic acids is 1. The van der Waals surface area contributed by atoms with Crippen molar-refractivity contribution in [2.45, 2.75) is 96.2 Å². The van der Waals surface area contributed by atoms with Gasteiger partial charge in [-0.1, -0.05) is 47.0 Å². The van der Waals surface area contributed by atoms with Crippen molar-refractivity contribution in [3.63, 3.8) is 0 Å². The standard InChI is InChI=1S/C18H32O3Si/c1-7-8-9-10-11-13-12-14(16-17(20-16)15(13)19)21-22(5,6)18(2,3)4/h12,14,16-17H,7-11H2,1-6H3. The van der Waals surface area contributed by atoms with E-state index in [0.717, 1.165) is 18.4 Å². The van der Waals surface area contributed by atoms with Crippen LogP contribution in [0.15, 0.2) is 11.6 Å².